The van der Waals surface area contributed by atoms with Crippen LogP contribution in [-0.2, 0) is 118 Å². The lowest BCUT2D eigenvalue weighted by molar-refractivity contribution is -0.132. The molecule has 0 spiro atoms. The van der Waals surface area contributed by atoms with Crippen LogP contribution >= 0.6 is 0 Å². The summed E-state index contributed by atoms with van der Waals surface area (Å²) in [6.45, 7) is 18.6. The highest BCUT2D eigenvalue weighted by Crippen LogP contribution is 2.19. The first-order valence-electron chi connectivity index (χ1n) is 29.8. The summed E-state index contributed by atoms with van der Waals surface area (Å²) in [5.41, 5.74) is 2.57. The molecule has 1 unspecified atom stereocenters. The van der Waals surface area contributed by atoms with E-state index in [1.165, 1.54) is 14.0 Å². The number of aryl methyl sites for hydroxylation is 1. The fourth-order valence-corrected chi connectivity index (χ4v) is 7.35. The third-order valence-electron chi connectivity index (χ3n) is 11.8. The third-order valence-corrected chi connectivity index (χ3v) is 11.8. The SMILES string of the molecule is COCCOCCOCCOCCOCCOCCOCCOCCCN(CCCOCCOCCOCCOCCOCCOCCOCCOC)CCCc1cc(NC(=O)C(C)NC(=O)CNC(=O)CN(C)C(=O)/C=C\C=O)ccc1COC. The summed E-state index contributed by atoms with van der Waals surface area (Å²) in [6, 6.07) is 4.71. The molecule has 3 N–H and O–H groups in total. The van der Waals surface area contributed by atoms with Gasteiger partial charge in [0.25, 0.3) is 0 Å². The first-order valence-corrected chi connectivity index (χ1v) is 29.8. The minimum Gasteiger partial charge on any atom is -0.382 e. The van der Waals surface area contributed by atoms with Crippen molar-refractivity contribution in [3.05, 3.63) is 41.5 Å². The molecule has 1 aromatic rings. The molecule has 0 saturated carbocycles. The maximum absolute atomic E-state index is 13.2. The number of nitrogens with one attached hydrogen (secondary N) is 3. The van der Waals surface area contributed by atoms with Crippen LogP contribution in [0.5, 0.6) is 0 Å². The van der Waals surface area contributed by atoms with Gasteiger partial charge in [-0.3, -0.25) is 24.0 Å². The minimum atomic E-state index is -0.926. The van der Waals surface area contributed by atoms with E-state index in [1.54, 1.807) is 27.4 Å². The Bertz CT molecular complexity index is 1760. The van der Waals surface area contributed by atoms with Gasteiger partial charge in [-0.2, -0.15) is 0 Å². The standard InChI is InChI=1S/C59H105N5O22/c1-52(61-56(66)49-60-57(67)50-63(2)58(68)11-7-17-65)59(69)62-55-13-12-54(51-72-5)53(48-55)10-6-14-64(15-8-18-73-24-26-77-32-34-81-40-42-85-46-44-83-38-36-79-30-28-75-22-20-70-3)16-9-19-74-25-27-78-33-35-82-41-43-86-47-45-84-39-37-80-31-29-76-23-21-71-4/h7,11-13,17,48,52H,6,8-10,14-16,18-47,49-51H2,1-5H3,(H,60,67)(H,61,66)(H,62,69)/b11-7-. The van der Waals surface area contributed by atoms with Crippen LogP contribution in [0.3, 0.4) is 0 Å². The number of ether oxygens (including phenoxy) is 17. The van der Waals surface area contributed by atoms with Gasteiger partial charge in [-0.05, 0) is 68.5 Å². The number of amides is 4. The van der Waals surface area contributed by atoms with Crippen molar-refractivity contribution in [1.82, 2.24) is 20.4 Å². The van der Waals surface area contributed by atoms with Gasteiger partial charge in [-0.15, -0.1) is 0 Å². The maximum atomic E-state index is 13.2. The van der Waals surface area contributed by atoms with Gasteiger partial charge in [-0.1, -0.05) is 6.07 Å². The number of carbonyl (C=O) groups is 5. The number of methoxy groups -OCH3 is 3. The van der Waals surface area contributed by atoms with Crippen molar-refractivity contribution < 1.29 is 104 Å². The molecular formula is C59H105N5O22. The number of hydrogen-bond donors (Lipinski definition) is 3. The molecule has 0 saturated heterocycles. The number of carbonyl (C=O) groups excluding carboxylic acids is 5. The van der Waals surface area contributed by atoms with Crippen LogP contribution in [0.15, 0.2) is 30.4 Å². The second kappa shape index (κ2) is 61.0. The predicted octanol–water partition coefficient (Wildman–Crippen LogP) is 1.15. The molecule has 0 bridgehead atoms. The zero-order valence-corrected chi connectivity index (χ0v) is 52.2. The molecule has 1 rings (SSSR count). The molecule has 86 heavy (non-hydrogen) atoms. The average molecular weight is 1240 g/mol. The Morgan fingerprint density at radius 2 is 0.849 bits per heavy atom. The molecule has 27 nitrogen and oxygen atoms in total. The molecule has 27 heteroatoms. The first-order chi connectivity index (χ1) is 42.1. The lowest BCUT2D eigenvalue weighted by Gasteiger charge is -2.23. The van der Waals surface area contributed by atoms with Crippen LogP contribution in [0.1, 0.15) is 37.3 Å². The van der Waals surface area contributed by atoms with E-state index in [9.17, 15) is 24.0 Å². The smallest absolute Gasteiger partial charge is 0.246 e. The van der Waals surface area contributed by atoms with E-state index in [0.29, 0.717) is 223 Å². The van der Waals surface area contributed by atoms with Crippen LogP contribution in [-0.4, -0.2) is 305 Å². The highest BCUT2D eigenvalue weighted by atomic mass is 16.6. The van der Waals surface area contributed by atoms with Gasteiger partial charge >= 0.3 is 0 Å². The van der Waals surface area contributed by atoms with Crippen LogP contribution in [0, 0.1) is 0 Å². The summed E-state index contributed by atoms with van der Waals surface area (Å²) in [5, 5.41) is 7.89. The minimum absolute atomic E-state index is 0.328. The van der Waals surface area contributed by atoms with Crippen LogP contribution in [0.2, 0.25) is 0 Å². The fraction of sp³-hybridized carbons (Fsp3) is 0.780. The van der Waals surface area contributed by atoms with E-state index in [-0.39, 0.29) is 6.54 Å². The molecule has 4 amide bonds. The summed E-state index contributed by atoms with van der Waals surface area (Å²) < 4.78 is 93.5. The largest absolute Gasteiger partial charge is 0.382 e. The molecule has 0 aliphatic rings. The number of rotatable bonds is 65. The molecule has 0 radical (unpaired) electrons. The van der Waals surface area contributed by atoms with Gasteiger partial charge in [0.15, 0.2) is 0 Å². The van der Waals surface area contributed by atoms with Gasteiger partial charge in [0.2, 0.25) is 23.6 Å². The van der Waals surface area contributed by atoms with E-state index >= 15 is 0 Å². The summed E-state index contributed by atoms with van der Waals surface area (Å²) >= 11 is 0. The summed E-state index contributed by atoms with van der Waals surface area (Å²) in [4.78, 5) is 64.0. The lowest BCUT2D eigenvalue weighted by Crippen LogP contribution is -2.47. The Kier molecular flexibility index (Phi) is 56.6. The number of aldehydes is 1. The van der Waals surface area contributed by atoms with Crippen LogP contribution in [0.4, 0.5) is 5.69 Å². The quantitative estimate of drug-likeness (QED) is 0.0468. The Labute approximate surface area is 510 Å². The van der Waals surface area contributed by atoms with Crippen molar-refractivity contribution in [3.63, 3.8) is 0 Å². The Morgan fingerprint density at radius 1 is 0.477 bits per heavy atom. The Hall–Kier alpha value is -4.21. The highest BCUT2D eigenvalue weighted by Gasteiger charge is 2.18. The molecule has 0 aliphatic carbocycles. The number of likely N-dealkylation sites (N-methyl/N-ethyl adjacent to an activating group) is 1. The Balaban J connectivity index is 2.49. The molecule has 0 fully saturated rings. The van der Waals surface area contributed by atoms with Crippen LogP contribution < -0.4 is 16.0 Å². The molecule has 1 aromatic carbocycles. The number of anilines is 1. The van der Waals surface area contributed by atoms with Gasteiger partial charge in [0.05, 0.1) is 205 Å². The molecule has 0 heterocycles. The van der Waals surface area contributed by atoms with Crippen LogP contribution in [0.25, 0.3) is 0 Å². The highest BCUT2D eigenvalue weighted by molar-refractivity contribution is 5.98. The summed E-state index contributed by atoms with van der Waals surface area (Å²) in [6.07, 6.45) is 5.69. The zero-order chi connectivity index (χ0) is 62.4. The topological polar surface area (TPSA) is 285 Å². The molecule has 1 atom stereocenters. The van der Waals surface area contributed by atoms with Gasteiger partial charge in [0, 0.05) is 66.4 Å². The van der Waals surface area contributed by atoms with Crippen molar-refractivity contribution in [2.75, 3.05) is 265 Å². The predicted molar refractivity (Wildman–Crippen MR) is 318 cm³/mol. The van der Waals surface area contributed by atoms with E-state index in [1.807, 2.05) is 12.1 Å². The first kappa shape index (κ1) is 79.8. The zero-order valence-electron chi connectivity index (χ0n) is 52.2. The number of hydrogen-bond acceptors (Lipinski definition) is 23. The number of benzene rings is 1. The molecular weight excluding hydrogens is 1130 g/mol. The number of nitrogens with zero attached hydrogens (tertiary/aromatic N) is 2. The lowest BCUT2D eigenvalue weighted by atomic mass is 10.0. The van der Waals surface area contributed by atoms with E-state index in [0.717, 1.165) is 67.1 Å². The van der Waals surface area contributed by atoms with Gasteiger partial charge in [0.1, 0.15) is 12.3 Å². The van der Waals surface area contributed by atoms with Crippen molar-refractivity contribution in [2.24, 2.45) is 0 Å². The molecule has 0 aliphatic heterocycles. The normalized spacial score (nSPS) is 11.9. The van der Waals surface area contributed by atoms with Crippen molar-refractivity contribution in [3.8, 4) is 0 Å². The molecule has 0 aromatic heterocycles. The van der Waals surface area contributed by atoms with E-state index in [2.05, 4.69) is 20.9 Å². The Morgan fingerprint density at radius 3 is 1.22 bits per heavy atom. The average Bonchev–Trinajstić information content (AvgIpc) is 3.70. The second-order valence-electron chi connectivity index (χ2n) is 18.9. The molecule has 498 valence electrons. The number of allylic oxidation sites excluding steroid dienone is 1. The van der Waals surface area contributed by atoms with E-state index < -0.39 is 36.2 Å². The summed E-state index contributed by atoms with van der Waals surface area (Å²) in [5.74, 6) is -2.18. The summed E-state index contributed by atoms with van der Waals surface area (Å²) in [7, 11) is 6.29. The van der Waals surface area contributed by atoms with Crippen molar-refractivity contribution in [1.29, 1.82) is 0 Å². The third kappa shape index (κ3) is 50.8. The van der Waals surface area contributed by atoms with E-state index in [4.69, 9.17) is 80.5 Å². The van der Waals surface area contributed by atoms with Gasteiger partial charge in [-0.25, -0.2) is 0 Å². The van der Waals surface area contributed by atoms with Gasteiger partial charge < -0.3 is 106 Å². The maximum Gasteiger partial charge on any atom is 0.246 e. The second-order valence-corrected chi connectivity index (χ2v) is 18.9. The monoisotopic (exact) mass is 1240 g/mol. The fourth-order valence-electron chi connectivity index (χ4n) is 7.35. The van der Waals surface area contributed by atoms with Crippen molar-refractivity contribution >= 4 is 35.6 Å². The van der Waals surface area contributed by atoms with Crippen molar-refractivity contribution in [2.45, 2.75) is 45.3 Å².